The van der Waals surface area contributed by atoms with Gasteiger partial charge in [-0.05, 0) is 31.4 Å². The minimum atomic E-state index is 0. The highest BCUT2D eigenvalue weighted by Crippen LogP contribution is 2.27. The quantitative estimate of drug-likeness (QED) is 0.793. The van der Waals surface area contributed by atoms with Crippen LogP contribution in [0.4, 0.5) is 0 Å². The van der Waals surface area contributed by atoms with Gasteiger partial charge in [-0.2, -0.15) is 0 Å². The van der Waals surface area contributed by atoms with E-state index >= 15 is 0 Å². The van der Waals surface area contributed by atoms with Crippen LogP contribution in [-0.4, -0.2) is 16.5 Å². The van der Waals surface area contributed by atoms with Crippen LogP contribution in [-0.2, 0) is 0 Å². The number of nitrogens with two attached hydrogens (primary N) is 1. The standard InChI is InChI=1S/C11H17N3.2ClH/c1-9-5-6-10(8-13-9)11-4-2-3-7-14(11)12;;/h5-6,8,11H,2-4,7,12H2,1H3;2*1H/t11-;;/m0../s1. The van der Waals surface area contributed by atoms with E-state index in [2.05, 4.69) is 17.1 Å². The van der Waals surface area contributed by atoms with E-state index in [4.69, 9.17) is 5.84 Å². The van der Waals surface area contributed by atoms with Crippen molar-refractivity contribution >= 4 is 24.8 Å². The van der Waals surface area contributed by atoms with Crippen molar-refractivity contribution in [3.63, 3.8) is 0 Å². The van der Waals surface area contributed by atoms with E-state index in [1.165, 1.54) is 18.4 Å². The van der Waals surface area contributed by atoms with Crippen molar-refractivity contribution in [1.82, 2.24) is 9.99 Å². The van der Waals surface area contributed by atoms with Gasteiger partial charge in [0.15, 0.2) is 0 Å². The molecule has 1 aromatic rings. The summed E-state index contributed by atoms with van der Waals surface area (Å²) in [5, 5.41) is 1.94. The molecule has 0 radical (unpaired) electrons. The summed E-state index contributed by atoms with van der Waals surface area (Å²) in [6, 6.07) is 4.56. The Labute approximate surface area is 109 Å². The van der Waals surface area contributed by atoms with Crippen LogP contribution in [0.5, 0.6) is 0 Å². The lowest BCUT2D eigenvalue weighted by Gasteiger charge is -2.31. The zero-order chi connectivity index (χ0) is 9.97. The molecule has 16 heavy (non-hydrogen) atoms. The van der Waals surface area contributed by atoms with Crippen LogP contribution in [0, 0.1) is 6.92 Å². The van der Waals surface area contributed by atoms with Crippen molar-refractivity contribution in [3.8, 4) is 0 Å². The summed E-state index contributed by atoms with van der Waals surface area (Å²) in [6.07, 6.45) is 5.59. The summed E-state index contributed by atoms with van der Waals surface area (Å²) in [6.45, 7) is 3.00. The van der Waals surface area contributed by atoms with Crippen molar-refractivity contribution < 1.29 is 0 Å². The zero-order valence-electron chi connectivity index (χ0n) is 9.43. The van der Waals surface area contributed by atoms with E-state index in [1.807, 2.05) is 18.1 Å². The minimum absolute atomic E-state index is 0. The molecule has 2 heterocycles. The Hall–Kier alpha value is -0.350. The first-order valence-corrected chi connectivity index (χ1v) is 5.21. The molecule has 0 bridgehead atoms. The molecule has 1 aliphatic heterocycles. The second kappa shape index (κ2) is 7.07. The molecule has 0 unspecified atom stereocenters. The van der Waals surface area contributed by atoms with E-state index in [0.717, 1.165) is 18.7 Å². The molecule has 2 N–H and O–H groups in total. The summed E-state index contributed by atoms with van der Waals surface area (Å²) < 4.78 is 0. The number of rotatable bonds is 1. The van der Waals surface area contributed by atoms with Gasteiger partial charge in [0, 0.05) is 18.4 Å². The SMILES string of the molecule is Cc1ccc([C@@H]2CCCCN2N)cn1.Cl.Cl. The Morgan fingerprint density at radius 1 is 1.31 bits per heavy atom. The average Bonchev–Trinajstić information content (AvgIpc) is 2.20. The van der Waals surface area contributed by atoms with Gasteiger partial charge in [-0.15, -0.1) is 24.8 Å². The van der Waals surface area contributed by atoms with Crippen molar-refractivity contribution in [1.29, 1.82) is 0 Å². The normalized spacial score (nSPS) is 20.8. The highest BCUT2D eigenvalue weighted by Gasteiger charge is 2.21. The number of hydrogen-bond acceptors (Lipinski definition) is 3. The number of piperidine rings is 1. The lowest BCUT2D eigenvalue weighted by Crippen LogP contribution is -2.38. The first-order valence-electron chi connectivity index (χ1n) is 5.21. The molecule has 3 nitrogen and oxygen atoms in total. The molecule has 0 saturated carbocycles. The van der Waals surface area contributed by atoms with Gasteiger partial charge in [0.1, 0.15) is 0 Å². The first kappa shape index (κ1) is 15.7. The van der Waals surface area contributed by atoms with Gasteiger partial charge in [-0.3, -0.25) is 10.8 Å². The third-order valence-corrected chi connectivity index (χ3v) is 2.86. The average molecular weight is 264 g/mol. The molecule has 1 aliphatic rings. The molecule has 0 amide bonds. The Balaban J connectivity index is 0.00000112. The maximum absolute atomic E-state index is 5.95. The second-order valence-electron chi connectivity index (χ2n) is 3.98. The number of halogens is 2. The van der Waals surface area contributed by atoms with E-state index in [9.17, 15) is 0 Å². The van der Waals surface area contributed by atoms with Gasteiger partial charge in [0.05, 0.1) is 6.04 Å². The number of aromatic nitrogens is 1. The molecule has 1 fully saturated rings. The fraction of sp³-hybridized carbons (Fsp3) is 0.545. The van der Waals surface area contributed by atoms with Gasteiger partial charge in [0.25, 0.3) is 0 Å². The van der Waals surface area contributed by atoms with Gasteiger partial charge >= 0.3 is 0 Å². The van der Waals surface area contributed by atoms with Gasteiger partial charge in [-0.25, -0.2) is 5.01 Å². The highest BCUT2D eigenvalue weighted by molar-refractivity contribution is 5.85. The zero-order valence-corrected chi connectivity index (χ0v) is 11.1. The number of nitrogens with zero attached hydrogens (tertiary/aromatic N) is 2. The first-order chi connectivity index (χ1) is 6.77. The molecule has 2 rings (SSSR count). The smallest absolute Gasteiger partial charge is 0.0505 e. The number of aryl methyl sites for hydroxylation is 1. The van der Waals surface area contributed by atoms with Crippen LogP contribution in [0.1, 0.15) is 36.6 Å². The molecule has 5 heteroatoms. The van der Waals surface area contributed by atoms with E-state index < -0.39 is 0 Å². The van der Waals surface area contributed by atoms with Crippen LogP contribution in [0.25, 0.3) is 0 Å². The van der Waals surface area contributed by atoms with E-state index in [-0.39, 0.29) is 24.8 Å². The molecule has 0 aliphatic carbocycles. The van der Waals surface area contributed by atoms with Gasteiger partial charge < -0.3 is 0 Å². The van der Waals surface area contributed by atoms with Gasteiger partial charge in [-0.1, -0.05) is 12.5 Å². The Bertz CT molecular complexity index is 303. The minimum Gasteiger partial charge on any atom is -0.268 e. The summed E-state index contributed by atoms with van der Waals surface area (Å²) in [4.78, 5) is 4.31. The van der Waals surface area contributed by atoms with Crippen molar-refractivity contribution in [2.45, 2.75) is 32.2 Å². The lowest BCUT2D eigenvalue weighted by atomic mass is 9.98. The van der Waals surface area contributed by atoms with Crippen LogP contribution in [0.15, 0.2) is 18.3 Å². The van der Waals surface area contributed by atoms with Crippen molar-refractivity contribution in [2.75, 3.05) is 6.54 Å². The lowest BCUT2D eigenvalue weighted by molar-refractivity contribution is 0.151. The van der Waals surface area contributed by atoms with Gasteiger partial charge in [0.2, 0.25) is 0 Å². The Morgan fingerprint density at radius 3 is 2.62 bits per heavy atom. The molecule has 1 atom stereocenters. The molecular weight excluding hydrogens is 245 g/mol. The molecular formula is C11H19Cl2N3. The second-order valence-corrected chi connectivity index (χ2v) is 3.98. The summed E-state index contributed by atoms with van der Waals surface area (Å²) >= 11 is 0. The van der Waals surface area contributed by atoms with Crippen molar-refractivity contribution in [2.24, 2.45) is 5.84 Å². The van der Waals surface area contributed by atoms with Crippen LogP contribution in [0.2, 0.25) is 0 Å². The monoisotopic (exact) mass is 263 g/mol. The number of hydrogen-bond donors (Lipinski definition) is 1. The highest BCUT2D eigenvalue weighted by atomic mass is 35.5. The molecule has 0 spiro atoms. The molecule has 1 saturated heterocycles. The van der Waals surface area contributed by atoms with E-state index in [0.29, 0.717) is 6.04 Å². The largest absolute Gasteiger partial charge is 0.268 e. The maximum Gasteiger partial charge on any atom is 0.0505 e. The van der Waals surface area contributed by atoms with Crippen LogP contribution < -0.4 is 5.84 Å². The number of hydrazine groups is 1. The predicted molar refractivity (Wildman–Crippen MR) is 71.0 cm³/mol. The summed E-state index contributed by atoms with van der Waals surface area (Å²) in [5.41, 5.74) is 2.31. The topological polar surface area (TPSA) is 42.1 Å². The number of pyridine rings is 1. The molecule has 1 aromatic heterocycles. The Morgan fingerprint density at radius 2 is 2.06 bits per heavy atom. The molecule has 0 aromatic carbocycles. The molecule has 92 valence electrons. The van der Waals surface area contributed by atoms with E-state index in [1.54, 1.807) is 0 Å². The third-order valence-electron chi connectivity index (χ3n) is 2.86. The fourth-order valence-corrected chi connectivity index (χ4v) is 1.99. The van der Waals surface area contributed by atoms with Crippen LogP contribution in [0.3, 0.4) is 0 Å². The fourth-order valence-electron chi connectivity index (χ4n) is 1.99. The summed E-state index contributed by atoms with van der Waals surface area (Å²) in [7, 11) is 0. The van der Waals surface area contributed by atoms with Crippen molar-refractivity contribution in [3.05, 3.63) is 29.6 Å². The maximum atomic E-state index is 5.95. The van der Waals surface area contributed by atoms with Crippen LogP contribution >= 0.6 is 24.8 Å². The Kier molecular flexibility index (Phi) is 6.91. The predicted octanol–water partition coefficient (Wildman–Crippen LogP) is 2.63. The third kappa shape index (κ3) is 3.59. The summed E-state index contributed by atoms with van der Waals surface area (Å²) in [5.74, 6) is 5.95.